The van der Waals surface area contributed by atoms with Crippen LogP contribution in [-0.4, -0.2) is 11.2 Å². The summed E-state index contributed by atoms with van der Waals surface area (Å²) in [7, 11) is 0. The van der Waals surface area contributed by atoms with Crippen molar-refractivity contribution in [1.29, 1.82) is 0 Å². The summed E-state index contributed by atoms with van der Waals surface area (Å²) in [4.78, 5) is 13.6. The van der Waals surface area contributed by atoms with Gasteiger partial charge in [0.15, 0.2) is 0 Å². The van der Waals surface area contributed by atoms with E-state index in [0.29, 0.717) is 10.8 Å². The maximum absolute atomic E-state index is 11.0. The molecule has 4 heteroatoms. The van der Waals surface area contributed by atoms with Crippen LogP contribution in [-0.2, 0) is 5.75 Å². The number of nitrogens with one attached hydrogen (secondary N) is 1. The molecule has 1 heterocycles. The second-order valence-electron chi connectivity index (χ2n) is 2.11. The van der Waals surface area contributed by atoms with Gasteiger partial charge < -0.3 is 4.98 Å². The molecule has 0 aliphatic carbocycles. The fourth-order valence-corrected chi connectivity index (χ4v) is 1.48. The number of rotatable bonds is 2. The Bertz CT molecular complexity index is 297. The Kier molecular flexibility index (Phi) is 3.02. The lowest BCUT2D eigenvalue weighted by atomic mass is 10.3. The Morgan fingerprint density at radius 1 is 1.73 bits per heavy atom. The number of hydrogen-bond donors (Lipinski definition) is 1. The monoisotopic (exact) mass is 189 g/mol. The average molecular weight is 190 g/mol. The zero-order chi connectivity index (χ0) is 8.27. The minimum atomic E-state index is -0.0521. The fourth-order valence-electron chi connectivity index (χ4n) is 0.764. The van der Waals surface area contributed by atoms with E-state index >= 15 is 0 Å². The molecule has 0 aliphatic heterocycles. The topological polar surface area (TPSA) is 32.9 Å². The fraction of sp³-hybridized carbons (Fsp3) is 0.286. The molecular formula is C7H8ClNOS. The highest BCUT2D eigenvalue weighted by molar-refractivity contribution is 7.97. The van der Waals surface area contributed by atoms with Crippen molar-refractivity contribution in [2.45, 2.75) is 5.75 Å². The zero-order valence-electron chi connectivity index (χ0n) is 6.06. The van der Waals surface area contributed by atoms with Gasteiger partial charge in [0.2, 0.25) is 0 Å². The molecule has 0 unspecified atom stereocenters. The van der Waals surface area contributed by atoms with Crippen LogP contribution in [0.3, 0.4) is 0 Å². The third-order valence-electron chi connectivity index (χ3n) is 1.24. The van der Waals surface area contributed by atoms with Crippen molar-refractivity contribution < 1.29 is 0 Å². The molecule has 0 spiro atoms. The second kappa shape index (κ2) is 3.83. The van der Waals surface area contributed by atoms with Gasteiger partial charge in [0.25, 0.3) is 5.56 Å². The van der Waals surface area contributed by atoms with Crippen LogP contribution < -0.4 is 5.56 Å². The number of aromatic amines is 1. The van der Waals surface area contributed by atoms with E-state index < -0.39 is 0 Å². The molecule has 11 heavy (non-hydrogen) atoms. The van der Waals surface area contributed by atoms with Crippen molar-refractivity contribution in [1.82, 2.24) is 4.98 Å². The van der Waals surface area contributed by atoms with Gasteiger partial charge in [-0.2, -0.15) is 11.8 Å². The molecular weight excluding hydrogens is 182 g/mol. The van der Waals surface area contributed by atoms with Crippen LogP contribution in [0.1, 0.15) is 5.56 Å². The van der Waals surface area contributed by atoms with E-state index in [-0.39, 0.29) is 5.56 Å². The van der Waals surface area contributed by atoms with Gasteiger partial charge in [0, 0.05) is 17.5 Å². The molecule has 60 valence electrons. The molecule has 0 atom stereocenters. The average Bonchev–Trinajstić information content (AvgIpc) is 1.98. The first-order valence-corrected chi connectivity index (χ1v) is 4.87. The van der Waals surface area contributed by atoms with Gasteiger partial charge in [-0.15, -0.1) is 0 Å². The summed E-state index contributed by atoms with van der Waals surface area (Å²) in [6.07, 6.45) is 3.44. The van der Waals surface area contributed by atoms with Crippen LogP contribution in [0.25, 0.3) is 0 Å². The molecule has 0 saturated heterocycles. The molecule has 1 rings (SSSR count). The number of hydrogen-bond acceptors (Lipinski definition) is 2. The van der Waals surface area contributed by atoms with Gasteiger partial charge in [-0.1, -0.05) is 11.6 Å². The van der Waals surface area contributed by atoms with Gasteiger partial charge >= 0.3 is 0 Å². The van der Waals surface area contributed by atoms with Crippen molar-refractivity contribution in [2.75, 3.05) is 6.26 Å². The lowest BCUT2D eigenvalue weighted by Crippen LogP contribution is -2.09. The Hall–Kier alpha value is -0.410. The van der Waals surface area contributed by atoms with E-state index in [1.165, 1.54) is 6.20 Å². The smallest absolute Gasteiger partial charge is 0.252 e. The molecule has 1 aromatic heterocycles. The van der Waals surface area contributed by atoms with Crippen molar-refractivity contribution >= 4 is 23.4 Å². The van der Waals surface area contributed by atoms with Crippen LogP contribution in [0.15, 0.2) is 17.1 Å². The molecule has 0 saturated carbocycles. The normalized spacial score (nSPS) is 10.0. The highest BCUT2D eigenvalue weighted by Crippen LogP contribution is 2.09. The van der Waals surface area contributed by atoms with E-state index in [4.69, 9.17) is 11.6 Å². The van der Waals surface area contributed by atoms with Crippen LogP contribution in [0, 0.1) is 0 Å². The van der Waals surface area contributed by atoms with Gasteiger partial charge in [-0.3, -0.25) is 4.79 Å². The Balaban J connectivity index is 3.03. The second-order valence-corrected chi connectivity index (χ2v) is 3.41. The van der Waals surface area contributed by atoms with Crippen LogP contribution in [0.5, 0.6) is 0 Å². The van der Waals surface area contributed by atoms with Gasteiger partial charge in [-0.25, -0.2) is 0 Å². The molecule has 1 aromatic rings. The third kappa shape index (κ3) is 2.27. The third-order valence-corrected chi connectivity index (χ3v) is 2.06. The molecule has 0 fully saturated rings. The molecule has 0 aliphatic rings. The van der Waals surface area contributed by atoms with E-state index in [9.17, 15) is 4.79 Å². The number of aromatic nitrogens is 1. The summed E-state index contributed by atoms with van der Waals surface area (Å²) in [5.74, 6) is 0.704. The molecule has 2 nitrogen and oxygen atoms in total. The van der Waals surface area contributed by atoms with Gasteiger partial charge in [-0.05, 0) is 12.3 Å². The lowest BCUT2D eigenvalue weighted by molar-refractivity contribution is 1.17. The maximum atomic E-state index is 11.0. The summed E-state index contributed by atoms with van der Waals surface area (Å²) < 4.78 is 0. The predicted octanol–water partition coefficient (Wildman–Crippen LogP) is 1.89. The largest absolute Gasteiger partial charge is 0.327 e. The number of pyridine rings is 1. The minimum absolute atomic E-state index is 0.0521. The van der Waals surface area contributed by atoms with Gasteiger partial charge in [0.1, 0.15) is 0 Å². The van der Waals surface area contributed by atoms with Crippen molar-refractivity contribution in [3.8, 4) is 0 Å². The lowest BCUT2D eigenvalue weighted by Gasteiger charge is -1.96. The molecule has 0 radical (unpaired) electrons. The minimum Gasteiger partial charge on any atom is -0.327 e. The highest BCUT2D eigenvalue weighted by atomic mass is 35.5. The van der Waals surface area contributed by atoms with Crippen molar-refractivity contribution in [2.24, 2.45) is 0 Å². The Morgan fingerprint density at radius 2 is 2.45 bits per heavy atom. The number of H-pyrrole nitrogens is 1. The van der Waals surface area contributed by atoms with Crippen LogP contribution in [0.4, 0.5) is 0 Å². The van der Waals surface area contributed by atoms with E-state index in [2.05, 4.69) is 4.98 Å². The summed E-state index contributed by atoms with van der Waals surface area (Å²) >= 11 is 7.27. The predicted molar refractivity (Wildman–Crippen MR) is 49.3 cm³/mol. The van der Waals surface area contributed by atoms with E-state index in [1.807, 2.05) is 6.26 Å². The molecule has 1 N–H and O–H groups in total. The first kappa shape index (κ1) is 8.68. The van der Waals surface area contributed by atoms with Crippen molar-refractivity contribution in [3.63, 3.8) is 0 Å². The number of thioether (sulfide) groups is 1. The Morgan fingerprint density at radius 3 is 3.09 bits per heavy atom. The van der Waals surface area contributed by atoms with Gasteiger partial charge in [0.05, 0.1) is 5.02 Å². The summed E-state index contributed by atoms with van der Waals surface area (Å²) in [6, 6.07) is 1.69. The molecule has 0 bridgehead atoms. The number of halogens is 1. The summed E-state index contributed by atoms with van der Waals surface area (Å²) in [5.41, 5.74) is 0.675. The quantitative estimate of drug-likeness (QED) is 0.771. The SMILES string of the molecule is CSCc1cc(Cl)c[nH]c1=O. The first-order chi connectivity index (χ1) is 5.24. The van der Waals surface area contributed by atoms with E-state index in [1.54, 1.807) is 17.8 Å². The molecule has 0 amide bonds. The summed E-state index contributed by atoms with van der Waals surface area (Å²) in [6.45, 7) is 0. The highest BCUT2D eigenvalue weighted by Gasteiger charge is 1.98. The first-order valence-electron chi connectivity index (χ1n) is 3.10. The van der Waals surface area contributed by atoms with Crippen LogP contribution >= 0.6 is 23.4 Å². The van der Waals surface area contributed by atoms with E-state index in [0.717, 1.165) is 5.56 Å². The van der Waals surface area contributed by atoms with Crippen molar-refractivity contribution in [3.05, 3.63) is 33.2 Å². The Labute approximate surface area is 74.0 Å². The molecule has 0 aromatic carbocycles. The van der Waals surface area contributed by atoms with Crippen LogP contribution in [0.2, 0.25) is 5.02 Å². The zero-order valence-corrected chi connectivity index (χ0v) is 7.63. The maximum Gasteiger partial charge on any atom is 0.252 e. The summed E-state index contributed by atoms with van der Waals surface area (Å²) in [5, 5.41) is 0.577. The standard InChI is InChI=1S/C7H8ClNOS/c1-11-4-5-2-6(8)3-9-7(5)10/h2-3H,4H2,1H3,(H,9,10).